The highest BCUT2D eigenvalue weighted by atomic mass is 16.4. The number of allylic oxidation sites excluding steroid dienone is 1. The zero-order valence-corrected chi connectivity index (χ0v) is 8.44. The first-order chi connectivity index (χ1) is 6.28. The highest BCUT2D eigenvalue weighted by Gasteiger charge is 2.60. The zero-order valence-electron chi connectivity index (χ0n) is 8.44. The van der Waals surface area contributed by atoms with E-state index in [0.29, 0.717) is 0 Å². The van der Waals surface area contributed by atoms with Crippen molar-refractivity contribution < 1.29 is 19.8 Å². The summed E-state index contributed by atoms with van der Waals surface area (Å²) >= 11 is 0. The normalized spacial score (nSPS) is 29.8. The van der Waals surface area contributed by atoms with E-state index in [-0.39, 0.29) is 16.9 Å². The Balaban J connectivity index is 2.80. The molecule has 4 heteroatoms. The van der Waals surface area contributed by atoms with E-state index in [0.717, 1.165) is 0 Å². The minimum Gasteiger partial charge on any atom is -0.481 e. The molecular formula is C10H14O4. The molecule has 2 atom stereocenters. The van der Waals surface area contributed by atoms with Gasteiger partial charge in [-0.3, -0.25) is 4.79 Å². The number of aliphatic carboxylic acids is 2. The summed E-state index contributed by atoms with van der Waals surface area (Å²) in [6.45, 7) is 5.15. The van der Waals surface area contributed by atoms with Crippen LogP contribution in [0.25, 0.3) is 0 Å². The molecule has 0 aromatic rings. The van der Waals surface area contributed by atoms with Crippen LogP contribution >= 0.6 is 0 Å². The lowest BCUT2D eigenvalue weighted by Crippen LogP contribution is -2.03. The zero-order chi connectivity index (χ0) is 11.1. The Kier molecular flexibility index (Phi) is 2.39. The molecule has 1 rings (SSSR count). The van der Waals surface area contributed by atoms with Crippen molar-refractivity contribution in [3.63, 3.8) is 0 Å². The van der Waals surface area contributed by atoms with Gasteiger partial charge in [-0.15, -0.1) is 0 Å². The van der Waals surface area contributed by atoms with Gasteiger partial charge in [0.15, 0.2) is 0 Å². The van der Waals surface area contributed by atoms with E-state index in [9.17, 15) is 9.59 Å². The number of carboxylic acid groups (broad SMARTS) is 2. The van der Waals surface area contributed by atoms with Gasteiger partial charge in [-0.1, -0.05) is 19.9 Å². The molecule has 1 fully saturated rings. The third kappa shape index (κ3) is 1.64. The minimum absolute atomic E-state index is 0.156. The number of rotatable bonds is 3. The van der Waals surface area contributed by atoms with Gasteiger partial charge >= 0.3 is 11.9 Å². The first-order valence-electron chi connectivity index (χ1n) is 4.43. The fourth-order valence-corrected chi connectivity index (χ4v) is 1.80. The lowest BCUT2D eigenvalue weighted by Gasteiger charge is -1.97. The summed E-state index contributed by atoms with van der Waals surface area (Å²) in [5.41, 5.74) is -0.102. The van der Waals surface area contributed by atoms with Gasteiger partial charge in [0.1, 0.15) is 0 Å². The van der Waals surface area contributed by atoms with Gasteiger partial charge in [-0.25, -0.2) is 4.79 Å². The number of hydrogen-bond acceptors (Lipinski definition) is 2. The molecule has 14 heavy (non-hydrogen) atoms. The van der Waals surface area contributed by atoms with E-state index in [1.54, 1.807) is 6.08 Å². The second kappa shape index (κ2) is 3.12. The van der Waals surface area contributed by atoms with Crippen molar-refractivity contribution in [3.05, 3.63) is 11.6 Å². The van der Waals surface area contributed by atoms with Crippen LogP contribution in [0.5, 0.6) is 0 Å². The lowest BCUT2D eigenvalue weighted by molar-refractivity contribution is -0.139. The van der Waals surface area contributed by atoms with Crippen molar-refractivity contribution in [2.24, 2.45) is 17.3 Å². The lowest BCUT2D eigenvalue weighted by atomic mass is 10.1. The molecule has 0 spiro atoms. The standard InChI is InChI=1S/C10H14O4/c1-5(8(11)12)4-6-7(9(13)14)10(6,2)3/h4,6-7H,1-3H3,(H,11,12)(H,13,14)/t6-,7+/m1/s1. The minimum atomic E-state index is -0.989. The van der Waals surface area contributed by atoms with Gasteiger partial charge in [-0.2, -0.15) is 0 Å². The Morgan fingerprint density at radius 3 is 2.07 bits per heavy atom. The van der Waals surface area contributed by atoms with E-state index in [1.807, 2.05) is 13.8 Å². The van der Waals surface area contributed by atoms with Gasteiger partial charge in [-0.05, 0) is 18.3 Å². The number of carboxylic acids is 2. The maximum absolute atomic E-state index is 10.8. The summed E-state index contributed by atoms with van der Waals surface area (Å²) < 4.78 is 0. The van der Waals surface area contributed by atoms with Crippen molar-refractivity contribution in [1.82, 2.24) is 0 Å². The summed E-state index contributed by atoms with van der Waals surface area (Å²) in [6, 6.07) is 0. The number of carbonyl (C=O) groups is 2. The Hall–Kier alpha value is -1.32. The molecule has 78 valence electrons. The van der Waals surface area contributed by atoms with Gasteiger partial charge < -0.3 is 10.2 Å². The summed E-state index contributed by atoms with van der Waals surface area (Å²) in [5.74, 6) is -2.45. The van der Waals surface area contributed by atoms with Crippen molar-refractivity contribution in [2.45, 2.75) is 20.8 Å². The predicted molar refractivity (Wildman–Crippen MR) is 49.8 cm³/mol. The van der Waals surface area contributed by atoms with Crippen LogP contribution in [0.1, 0.15) is 20.8 Å². The fraction of sp³-hybridized carbons (Fsp3) is 0.600. The SMILES string of the molecule is CC(=C[C@@H]1[C@@H](C(=O)O)C1(C)C)C(=O)O. The molecule has 0 aromatic carbocycles. The molecule has 4 nitrogen and oxygen atoms in total. The third-order valence-corrected chi connectivity index (χ3v) is 2.94. The Bertz CT molecular complexity index is 314. The highest BCUT2D eigenvalue weighted by Crippen LogP contribution is 2.59. The smallest absolute Gasteiger partial charge is 0.330 e. The Morgan fingerprint density at radius 1 is 1.29 bits per heavy atom. The first kappa shape index (κ1) is 10.8. The number of hydrogen-bond donors (Lipinski definition) is 2. The van der Waals surface area contributed by atoms with E-state index in [1.165, 1.54) is 6.92 Å². The maximum Gasteiger partial charge on any atom is 0.330 e. The van der Waals surface area contributed by atoms with Crippen molar-refractivity contribution in [3.8, 4) is 0 Å². The molecule has 1 aliphatic rings. The van der Waals surface area contributed by atoms with Gasteiger partial charge in [0.05, 0.1) is 5.92 Å². The van der Waals surface area contributed by atoms with Crippen LogP contribution in [0.3, 0.4) is 0 Å². The molecule has 0 amide bonds. The molecule has 1 aliphatic carbocycles. The van der Waals surface area contributed by atoms with Crippen molar-refractivity contribution in [2.75, 3.05) is 0 Å². The average molecular weight is 198 g/mol. The largest absolute Gasteiger partial charge is 0.481 e. The Morgan fingerprint density at radius 2 is 1.79 bits per heavy atom. The van der Waals surface area contributed by atoms with Crippen LogP contribution in [0.15, 0.2) is 11.6 Å². The van der Waals surface area contributed by atoms with Crippen LogP contribution in [0.4, 0.5) is 0 Å². The molecule has 0 bridgehead atoms. The molecule has 2 N–H and O–H groups in total. The maximum atomic E-state index is 10.8. The molecule has 0 unspecified atom stereocenters. The second-order valence-corrected chi connectivity index (χ2v) is 4.32. The van der Waals surface area contributed by atoms with Crippen LogP contribution in [0, 0.1) is 17.3 Å². The first-order valence-corrected chi connectivity index (χ1v) is 4.43. The predicted octanol–water partition coefficient (Wildman–Crippen LogP) is 1.37. The molecule has 0 radical (unpaired) electrons. The summed E-state index contributed by atoms with van der Waals surface area (Å²) in [6.07, 6.45) is 1.54. The molecule has 1 saturated carbocycles. The van der Waals surface area contributed by atoms with Crippen LogP contribution < -0.4 is 0 Å². The van der Waals surface area contributed by atoms with Crippen LogP contribution in [0.2, 0.25) is 0 Å². The third-order valence-electron chi connectivity index (χ3n) is 2.94. The summed E-state index contributed by atoms with van der Waals surface area (Å²) in [7, 11) is 0. The molecule has 0 aromatic heterocycles. The van der Waals surface area contributed by atoms with E-state index >= 15 is 0 Å². The van der Waals surface area contributed by atoms with Gasteiger partial charge in [0, 0.05) is 5.57 Å². The second-order valence-electron chi connectivity index (χ2n) is 4.32. The van der Waals surface area contributed by atoms with Gasteiger partial charge in [0.25, 0.3) is 0 Å². The van der Waals surface area contributed by atoms with Crippen molar-refractivity contribution in [1.29, 1.82) is 0 Å². The highest BCUT2D eigenvalue weighted by molar-refractivity contribution is 5.86. The molecule has 0 aliphatic heterocycles. The van der Waals surface area contributed by atoms with E-state index < -0.39 is 17.9 Å². The quantitative estimate of drug-likeness (QED) is 0.672. The van der Waals surface area contributed by atoms with Crippen LogP contribution in [-0.2, 0) is 9.59 Å². The summed E-state index contributed by atoms with van der Waals surface area (Å²) in [5, 5.41) is 17.5. The van der Waals surface area contributed by atoms with Crippen LogP contribution in [-0.4, -0.2) is 22.2 Å². The van der Waals surface area contributed by atoms with Crippen molar-refractivity contribution >= 4 is 11.9 Å². The molecular weight excluding hydrogens is 184 g/mol. The Labute approximate surface area is 82.2 Å². The summed E-state index contributed by atoms with van der Waals surface area (Å²) in [4.78, 5) is 21.3. The molecule has 0 heterocycles. The van der Waals surface area contributed by atoms with E-state index in [2.05, 4.69) is 0 Å². The monoisotopic (exact) mass is 198 g/mol. The molecule has 0 saturated heterocycles. The fourth-order valence-electron chi connectivity index (χ4n) is 1.80. The average Bonchev–Trinajstić information content (AvgIpc) is 2.52. The topological polar surface area (TPSA) is 74.6 Å². The van der Waals surface area contributed by atoms with E-state index in [4.69, 9.17) is 10.2 Å². The van der Waals surface area contributed by atoms with Gasteiger partial charge in [0.2, 0.25) is 0 Å².